The molecule has 1 unspecified atom stereocenters. The number of nitrogens with one attached hydrogen (secondary N) is 2. The van der Waals surface area contributed by atoms with Gasteiger partial charge in [-0.2, -0.15) is 0 Å². The van der Waals surface area contributed by atoms with Crippen molar-refractivity contribution in [2.24, 2.45) is 4.99 Å². The van der Waals surface area contributed by atoms with Crippen LogP contribution in [0.25, 0.3) is 0 Å². The Balaban J connectivity index is 0.00000225. The van der Waals surface area contributed by atoms with Crippen molar-refractivity contribution in [1.82, 2.24) is 10.6 Å². The molecule has 138 valence electrons. The molecule has 3 rings (SSSR count). The summed E-state index contributed by atoms with van der Waals surface area (Å²) in [7, 11) is 0. The minimum absolute atomic E-state index is 0. The van der Waals surface area contributed by atoms with Crippen LogP contribution in [0.15, 0.2) is 35.3 Å². The van der Waals surface area contributed by atoms with E-state index >= 15 is 0 Å². The van der Waals surface area contributed by atoms with Crippen LogP contribution in [0.5, 0.6) is 0 Å². The second-order valence-corrected chi connectivity index (χ2v) is 6.66. The third-order valence-electron chi connectivity index (χ3n) is 4.69. The Labute approximate surface area is 166 Å². The SMILES string of the molecule is CCNC(=NCC1(O)CCC1)NC1CC(=O)N(c2ccccc2)C1.I. The molecular weight excluding hydrogens is 431 g/mol. The van der Waals surface area contributed by atoms with Crippen LogP contribution < -0.4 is 15.5 Å². The fourth-order valence-corrected chi connectivity index (χ4v) is 3.14. The summed E-state index contributed by atoms with van der Waals surface area (Å²) < 4.78 is 0. The second kappa shape index (κ2) is 8.84. The van der Waals surface area contributed by atoms with Gasteiger partial charge in [0.25, 0.3) is 0 Å². The summed E-state index contributed by atoms with van der Waals surface area (Å²) in [5, 5.41) is 16.7. The maximum absolute atomic E-state index is 12.3. The molecule has 1 aliphatic heterocycles. The number of benzene rings is 1. The van der Waals surface area contributed by atoms with Gasteiger partial charge in [-0.05, 0) is 38.3 Å². The zero-order valence-corrected chi connectivity index (χ0v) is 16.9. The first-order chi connectivity index (χ1) is 11.6. The van der Waals surface area contributed by atoms with Gasteiger partial charge in [-0.3, -0.25) is 9.79 Å². The van der Waals surface area contributed by atoms with Gasteiger partial charge in [-0.1, -0.05) is 18.2 Å². The van der Waals surface area contributed by atoms with Gasteiger partial charge in [0.15, 0.2) is 5.96 Å². The normalized spacial score (nSPS) is 22.2. The summed E-state index contributed by atoms with van der Waals surface area (Å²) in [5.41, 5.74) is 0.293. The quantitative estimate of drug-likeness (QED) is 0.358. The Morgan fingerprint density at radius 1 is 1.36 bits per heavy atom. The van der Waals surface area contributed by atoms with E-state index in [4.69, 9.17) is 0 Å². The molecule has 2 aliphatic rings. The highest BCUT2D eigenvalue weighted by Crippen LogP contribution is 2.31. The largest absolute Gasteiger partial charge is 0.388 e. The number of halogens is 1. The molecule has 1 aliphatic carbocycles. The number of aliphatic hydroxyl groups is 1. The zero-order valence-electron chi connectivity index (χ0n) is 14.6. The third kappa shape index (κ3) is 5.07. The highest BCUT2D eigenvalue weighted by Gasteiger charge is 2.35. The summed E-state index contributed by atoms with van der Waals surface area (Å²) in [5.74, 6) is 0.790. The summed E-state index contributed by atoms with van der Waals surface area (Å²) in [6.45, 7) is 3.78. The van der Waals surface area contributed by atoms with Crippen LogP contribution in [-0.4, -0.2) is 48.3 Å². The van der Waals surface area contributed by atoms with Gasteiger partial charge in [-0.15, -0.1) is 24.0 Å². The minimum atomic E-state index is -0.635. The van der Waals surface area contributed by atoms with Gasteiger partial charge in [-0.25, -0.2) is 0 Å². The summed E-state index contributed by atoms with van der Waals surface area (Å²) in [6, 6.07) is 9.74. The van der Waals surface area contributed by atoms with E-state index in [1.54, 1.807) is 4.90 Å². The maximum Gasteiger partial charge on any atom is 0.229 e. The lowest BCUT2D eigenvalue weighted by molar-refractivity contribution is -0.117. The van der Waals surface area contributed by atoms with Crippen molar-refractivity contribution >= 4 is 41.5 Å². The Kier molecular flexibility index (Phi) is 7.06. The number of hydrogen-bond acceptors (Lipinski definition) is 3. The smallest absolute Gasteiger partial charge is 0.229 e. The van der Waals surface area contributed by atoms with Crippen LogP contribution in [0.1, 0.15) is 32.6 Å². The summed E-state index contributed by atoms with van der Waals surface area (Å²) in [6.07, 6.45) is 3.15. The number of rotatable bonds is 5. The van der Waals surface area contributed by atoms with Crippen LogP contribution >= 0.6 is 24.0 Å². The van der Waals surface area contributed by atoms with Gasteiger partial charge < -0.3 is 20.6 Å². The summed E-state index contributed by atoms with van der Waals surface area (Å²) >= 11 is 0. The van der Waals surface area contributed by atoms with E-state index in [0.717, 1.165) is 31.5 Å². The second-order valence-electron chi connectivity index (χ2n) is 6.66. The third-order valence-corrected chi connectivity index (χ3v) is 4.69. The van der Waals surface area contributed by atoms with Gasteiger partial charge >= 0.3 is 0 Å². The predicted octanol–water partition coefficient (Wildman–Crippen LogP) is 1.88. The fourth-order valence-electron chi connectivity index (χ4n) is 3.14. The molecule has 0 spiro atoms. The molecule has 7 heteroatoms. The van der Waals surface area contributed by atoms with E-state index in [9.17, 15) is 9.90 Å². The minimum Gasteiger partial charge on any atom is -0.388 e. The molecule has 6 nitrogen and oxygen atoms in total. The van der Waals surface area contributed by atoms with E-state index in [-0.39, 0.29) is 35.9 Å². The molecule has 1 heterocycles. The number of guanidine groups is 1. The Morgan fingerprint density at radius 3 is 2.68 bits per heavy atom. The van der Waals surface area contributed by atoms with Crippen LogP contribution in [0.2, 0.25) is 0 Å². The van der Waals surface area contributed by atoms with Gasteiger partial charge in [0.1, 0.15) is 0 Å². The Hall–Kier alpha value is -1.35. The van der Waals surface area contributed by atoms with E-state index < -0.39 is 5.60 Å². The molecule has 1 atom stereocenters. The van der Waals surface area contributed by atoms with Crippen LogP contribution in [-0.2, 0) is 4.79 Å². The van der Waals surface area contributed by atoms with E-state index in [0.29, 0.717) is 25.5 Å². The van der Waals surface area contributed by atoms with Gasteiger partial charge in [0.2, 0.25) is 5.91 Å². The fraction of sp³-hybridized carbons (Fsp3) is 0.556. The van der Waals surface area contributed by atoms with Crippen molar-refractivity contribution < 1.29 is 9.90 Å². The molecule has 1 aromatic rings. The number of aliphatic imine (C=N–C) groups is 1. The van der Waals surface area contributed by atoms with Crippen molar-refractivity contribution in [1.29, 1.82) is 0 Å². The average Bonchev–Trinajstić information content (AvgIpc) is 2.92. The molecule has 1 saturated heterocycles. The first kappa shape index (κ1) is 20.0. The van der Waals surface area contributed by atoms with Crippen molar-refractivity contribution in [2.75, 3.05) is 24.5 Å². The number of carbonyl (C=O) groups is 1. The van der Waals surface area contributed by atoms with Gasteiger partial charge in [0.05, 0.1) is 18.2 Å². The van der Waals surface area contributed by atoms with Crippen LogP contribution in [0.3, 0.4) is 0 Å². The molecule has 25 heavy (non-hydrogen) atoms. The molecule has 1 saturated carbocycles. The standard InChI is InChI=1S/C18H26N4O2.HI/c1-2-19-17(20-13-18(24)9-6-10-18)21-14-11-16(23)22(12-14)15-7-4-3-5-8-15;/h3-5,7-8,14,24H,2,6,9-13H2,1H3,(H2,19,20,21);1H. The Morgan fingerprint density at radius 2 is 2.08 bits per heavy atom. The first-order valence-corrected chi connectivity index (χ1v) is 8.72. The number of nitrogens with zero attached hydrogens (tertiary/aromatic N) is 2. The average molecular weight is 458 g/mol. The first-order valence-electron chi connectivity index (χ1n) is 8.72. The monoisotopic (exact) mass is 458 g/mol. The van der Waals surface area contributed by atoms with E-state index in [2.05, 4.69) is 15.6 Å². The predicted molar refractivity (Wildman–Crippen MR) is 111 cm³/mol. The lowest BCUT2D eigenvalue weighted by Crippen LogP contribution is -2.46. The van der Waals surface area contributed by atoms with Crippen molar-refractivity contribution in [3.05, 3.63) is 30.3 Å². The molecule has 3 N–H and O–H groups in total. The van der Waals surface area contributed by atoms with Crippen LogP contribution in [0.4, 0.5) is 5.69 Å². The molecule has 0 radical (unpaired) electrons. The lowest BCUT2D eigenvalue weighted by Gasteiger charge is -2.35. The van der Waals surface area contributed by atoms with Crippen molar-refractivity contribution in [3.63, 3.8) is 0 Å². The molecule has 1 aromatic carbocycles. The molecular formula is C18H27IN4O2. The van der Waals surface area contributed by atoms with Gasteiger partial charge in [0, 0.05) is 25.2 Å². The number of amides is 1. The number of carbonyl (C=O) groups excluding carboxylic acids is 1. The summed E-state index contributed by atoms with van der Waals surface area (Å²) in [4.78, 5) is 18.6. The highest BCUT2D eigenvalue weighted by molar-refractivity contribution is 14.0. The molecule has 0 aromatic heterocycles. The topological polar surface area (TPSA) is 77.0 Å². The number of hydrogen-bond donors (Lipinski definition) is 3. The zero-order chi connectivity index (χ0) is 17.0. The molecule has 1 amide bonds. The highest BCUT2D eigenvalue weighted by atomic mass is 127. The number of anilines is 1. The van der Waals surface area contributed by atoms with E-state index in [1.165, 1.54) is 0 Å². The number of para-hydroxylation sites is 1. The van der Waals surface area contributed by atoms with E-state index in [1.807, 2.05) is 37.3 Å². The maximum atomic E-state index is 12.3. The van der Waals surface area contributed by atoms with Crippen LogP contribution in [0, 0.1) is 0 Å². The van der Waals surface area contributed by atoms with Crippen molar-refractivity contribution in [2.45, 2.75) is 44.2 Å². The lowest BCUT2D eigenvalue weighted by atomic mass is 9.80. The van der Waals surface area contributed by atoms with Crippen molar-refractivity contribution in [3.8, 4) is 0 Å². The molecule has 0 bridgehead atoms. The molecule has 2 fully saturated rings. The Bertz CT molecular complexity index is 604.